The first-order chi connectivity index (χ1) is 6.63. The molecule has 1 rings (SSSR count). The molecule has 2 N–H and O–H groups in total. The van der Waals surface area contributed by atoms with Gasteiger partial charge in [0, 0.05) is 5.75 Å². The maximum absolute atomic E-state index is 10.6. The van der Waals surface area contributed by atoms with E-state index in [0.29, 0.717) is 5.75 Å². The molecular weight excluding hydrogens is 222 g/mol. The maximum atomic E-state index is 10.6. The molecule has 0 aromatic carbocycles. The fourth-order valence-electron chi connectivity index (χ4n) is 0.769. The summed E-state index contributed by atoms with van der Waals surface area (Å²) in [6, 6.07) is -0.538. The molecule has 0 aliphatic heterocycles. The van der Waals surface area contributed by atoms with Gasteiger partial charge in [0.25, 0.3) is 0 Å². The van der Waals surface area contributed by atoms with Crippen LogP contribution < -0.4 is 5.32 Å². The van der Waals surface area contributed by atoms with Gasteiger partial charge in [-0.05, 0) is 14.0 Å². The molecule has 5 nitrogen and oxygen atoms in total. The number of carbonyl (C=O) groups is 1. The predicted octanol–water partition coefficient (Wildman–Crippen LogP) is 0.611. The van der Waals surface area contributed by atoms with Gasteiger partial charge >= 0.3 is 5.97 Å². The smallest absolute Gasteiger partial charge is 0.321 e. The molecule has 1 aromatic rings. The fraction of sp³-hybridized carbons (Fsp3) is 0.571. The third kappa shape index (κ3) is 3.24. The number of carboxylic acids is 1. The van der Waals surface area contributed by atoms with Crippen LogP contribution in [0.1, 0.15) is 5.01 Å². The predicted molar refractivity (Wildman–Crippen MR) is 55.9 cm³/mol. The lowest BCUT2D eigenvalue weighted by Gasteiger charge is -2.08. The molecule has 1 aromatic heterocycles. The SMILES string of the molecule is CNC(CSc1nnc(C)s1)C(=O)O. The highest BCUT2D eigenvalue weighted by Gasteiger charge is 2.15. The van der Waals surface area contributed by atoms with E-state index in [9.17, 15) is 4.79 Å². The molecule has 14 heavy (non-hydrogen) atoms. The number of thioether (sulfide) groups is 1. The number of aryl methyl sites for hydroxylation is 1. The van der Waals surface area contributed by atoms with Crippen LogP contribution in [0.15, 0.2) is 4.34 Å². The van der Waals surface area contributed by atoms with Gasteiger partial charge in [0.05, 0.1) is 0 Å². The number of hydrogen-bond donors (Lipinski definition) is 2. The summed E-state index contributed by atoms with van der Waals surface area (Å²) in [5, 5.41) is 20.1. The van der Waals surface area contributed by atoms with Crippen molar-refractivity contribution in [1.29, 1.82) is 0 Å². The zero-order valence-electron chi connectivity index (χ0n) is 7.85. The van der Waals surface area contributed by atoms with Crippen LogP contribution in [0.2, 0.25) is 0 Å². The Hall–Kier alpha value is -0.660. The highest BCUT2D eigenvalue weighted by molar-refractivity contribution is 8.01. The summed E-state index contributed by atoms with van der Waals surface area (Å²) < 4.78 is 0.809. The molecule has 0 amide bonds. The maximum Gasteiger partial charge on any atom is 0.321 e. The van der Waals surface area contributed by atoms with Crippen LogP contribution in [0.4, 0.5) is 0 Å². The van der Waals surface area contributed by atoms with Crippen molar-refractivity contribution in [2.24, 2.45) is 0 Å². The molecule has 78 valence electrons. The van der Waals surface area contributed by atoms with E-state index in [2.05, 4.69) is 15.5 Å². The topological polar surface area (TPSA) is 75.1 Å². The second-order valence-electron chi connectivity index (χ2n) is 2.58. The molecule has 0 saturated heterocycles. The lowest BCUT2D eigenvalue weighted by molar-refractivity contribution is -0.138. The largest absolute Gasteiger partial charge is 0.480 e. The molecule has 0 spiro atoms. The van der Waals surface area contributed by atoms with E-state index in [-0.39, 0.29) is 0 Å². The summed E-state index contributed by atoms with van der Waals surface area (Å²) in [5.74, 6) is -0.387. The van der Waals surface area contributed by atoms with E-state index >= 15 is 0 Å². The van der Waals surface area contributed by atoms with Crippen molar-refractivity contribution in [2.45, 2.75) is 17.3 Å². The van der Waals surface area contributed by atoms with Crippen molar-refractivity contribution in [3.8, 4) is 0 Å². The number of nitrogens with one attached hydrogen (secondary N) is 1. The average Bonchev–Trinajstić information content (AvgIpc) is 2.52. The standard InChI is InChI=1S/C7H11N3O2S2/c1-4-9-10-7(14-4)13-3-5(8-2)6(11)12/h5,8H,3H2,1-2H3,(H,11,12). The van der Waals surface area contributed by atoms with Crippen LogP contribution in [-0.4, -0.2) is 40.1 Å². The number of carboxylic acid groups (broad SMARTS) is 1. The van der Waals surface area contributed by atoms with Gasteiger partial charge in [-0.1, -0.05) is 23.1 Å². The van der Waals surface area contributed by atoms with Crippen LogP contribution in [0.25, 0.3) is 0 Å². The number of nitrogens with zero attached hydrogens (tertiary/aromatic N) is 2. The number of rotatable bonds is 5. The average molecular weight is 233 g/mol. The van der Waals surface area contributed by atoms with Gasteiger partial charge in [-0.25, -0.2) is 0 Å². The van der Waals surface area contributed by atoms with Crippen LogP contribution in [0.5, 0.6) is 0 Å². The molecule has 0 bridgehead atoms. The minimum absolute atomic E-state index is 0.459. The first kappa shape index (κ1) is 11.4. The van der Waals surface area contributed by atoms with Crippen molar-refractivity contribution in [1.82, 2.24) is 15.5 Å². The second-order valence-corrected chi connectivity index (χ2v) is 5.03. The molecule has 0 saturated carbocycles. The van der Waals surface area contributed by atoms with E-state index < -0.39 is 12.0 Å². The Morgan fingerprint density at radius 1 is 1.71 bits per heavy atom. The van der Waals surface area contributed by atoms with Crippen molar-refractivity contribution in [3.63, 3.8) is 0 Å². The van der Waals surface area contributed by atoms with Crippen LogP contribution >= 0.6 is 23.1 Å². The lowest BCUT2D eigenvalue weighted by atomic mass is 10.3. The summed E-state index contributed by atoms with van der Waals surface area (Å²) in [5.41, 5.74) is 0. The molecule has 0 fully saturated rings. The monoisotopic (exact) mass is 233 g/mol. The van der Waals surface area contributed by atoms with Crippen molar-refractivity contribution < 1.29 is 9.90 Å². The van der Waals surface area contributed by atoms with E-state index in [1.807, 2.05) is 6.92 Å². The summed E-state index contributed by atoms with van der Waals surface area (Å²) in [7, 11) is 1.63. The van der Waals surface area contributed by atoms with Gasteiger partial charge in [0.2, 0.25) is 0 Å². The third-order valence-electron chi connectivity index (χ3n) is 1.53. The van der Waals surface area contributed by atoms with Crippen molar-refractivity contribution in [2.75, 3.05) is 12.8 Å². The second kappa shape index (κ2) is 5.28. The molecule has 1 atom stereocenters. The lowest BCUT2D eigenvalue weighted by Crippen LogP contribution is -2.35. The molecule has 0 aliphatic rings. The van der Waals surface area contributed by atoms with Gasteiger partial charge in [-0.15, -0.1) is 10.2 Å². The van der Waals surface area contributed by atoms with Crippen LogP contribution in [-0.2, 0) is 4.79 Å². The molecular formula is C7H11N3O2S2. The zero-order chi connectivity index (χ0) is 10.6. The number of aromatic nitrogens is 2. The molecule has 7 heteroatoms. The van der Waals surface area contributed by atoms with Crippen LogP contribution in [0.3, 0.4) is 0 Å². The van der Waals surface area contributed by atoms with E-state index in [1.54, 1.807) is 7.05 Å². The first-order valence-electron chi connectivity index (χ1n) is 3.96. The summed E-state index contributed by atoms with van der Waals surface area (Å²) in [6.45, 7) is 1.87. The fourth-order valence-corrected chi connectivity index (χ4v) is 2.70. The van der Waals surface area contributed by atoms with Gasteiger partial charge in [-0.2, -0.15) is 0 Å². The molecule has 0 aliphatic carbocycles. The third-order valence-corrected chi connectivity index (χ3v) is 3.59. The Morgan fingerprint density at radius 3 is 2.86 bits per heavy atom. The summed E-state index contributed by atoms with van der Waals surface area (Å²) in [6.07, 6.45) is 0. The number of likely N-dealkylation sites (N-methyl/N-ethyl adjacent to an activating group) is 1. The Morgan fingerprint density at radius 2 is 2.43 bits per heavy atom. The van der Waals surface area contributed by atoms with E-state index in [1.165, 1.54) is 23.1 Å². The molecule has 1 unspecified atom stereocenters. The number of aliphatic carboxylic acids is 1. The molecule has 1 heterocycles. The van der Waals surface area contributed by atoms with Gasteiger partial charge in [0.1, 0.15) is 11.0 Å². The Bertz CT molecular complexity index is 316. The van der Waals surface area contributed by atoms with Crippen molar-refractivity contribution in [3.05, 3.63) is 5.01 Å². The normalized spacial score (nSPS) is 12.7. The minimum atomic E-state index is -0.846. The highest BCUT2D eigenvalue weighted by atomic mass is 32.2. The van der Waals surface area contributed by atoms with E-state index in [4.69, 9.17) is 5.11 Å². The van der Waals surface area contributed by atoms with Gasteiger partial charge in [0.15, 0.2) is 4.34 Å². The minimum Gasteiger partial charge on any atom is -0.480 e. The quantitative estimate of drug-likeness (QED) is 0.726. The highest BCUT2D eigenvalue weighted by Crippen LogP contribution is 2.22. The Kier molecular flexibility index (Phi) is 4.30. The van der Waals surface area contributed by atoms with E-state index in [0.717, 1.165) is 9.35 Å². The van der Waals surface area contributed by atoms with Gasteiger partial charge < -0.3 is 10.4 Å². The summed E-state index contributed by atoms with van der Waals surface area (Å²) in [4.78, 5) is 10.6. The van der Waals surface area contributed by atoms with Crippen molar-refractivity contribution >= 4 is 29.1 Å². The Labute approximate surface area is 89.9 Å². The summed E-state index contributed by atoms with van der Waals surface area (Å²) >= 11 is 2.88. The zero-order valence-corrected chi connectivity index (χ0v) is 9.48. The number of hydrogen-bond acceptors (Lipinski definition) is 6. The van der Waals surface area contributed by atoms with Gasteiger partial charge in [-0.3, -0.25) is 4.79 Å². The van der Waals surface area contributed by atoms with Crippen LogP contribution in [0, 0.1) is 6.92 Å². The molecule has 0 radical (unpaired) electrons. The first-order valence-corrected chi connectivity index (χ1v) is 5.76. The Balaban J connectivity index is 2.43.